The molecule has 3 rings (SSSR count). The Kier molecular flexibility index (Phi) is 5.60. The molecule has 0 aromatic heterocycles. The Balaban J connectivity index is 1.81. The van der Waals surface area contributed by atoms with E-state index < -0.39 is 5.97 Å². The first kappa shape index (κ1) is 19.8. The van der Waals surface area contributed by atoms with Crippen LogP contribution in [0.1, 0.15) is 46.0 Å². The molecule has 5 heteroatoms. The van der Waals surface area contributed by atoms with E-state index in [0.717, 1.165) is 47.6 Å². The number of hydrogen-bond acceptors (Lipinski definition) is 4. The predicted octanol–water partition coefficient (Wildman–Crippen LogP) is 4.51. The van der Waals surface area contributed by atoms with Crippen LogP contribution in [0.15, 0.2) is 30.3 Å². The summed E-state index contributed by atoms with van der Waals surface area (Å²) in [6, 6.07) is 12.2. The molecule has 0 radical (unpaired) electrons. The third-order valence-electron chi connectivity index (χ3n) is 5.79. The van der Waals surface area contributed by atoms with Gasteiger partial charge in [-0.25, -0.2) is 4.79 Å². The maximum absolute atomic E-state index is 11.7. The van der Waals surface area contributed by atoms with E-state index in [1.165, 1.54) is 0 Å². The fraction of sp³-hybridized carbons (Fsp3) is 0.391. The normalized spacial score (nSPS) is 19.2. The van der Waals surface area contributed by atoms with Crippen LogP contribution in [-0.4, -0.2) is 30.2 Å². The van der Waals surface area contributed by atoms with Gasteiger partial charge in [0.2, 0.25) is 0 Å². The van der Waals surface area contributed by atoms with E-state index in [-0.39, 0.29) is 6.04 Å². The lowest BCUT2D eigenvalue weighted by Crippen LogP contribution is -2.45. The summed E-state index contributed by atoms with van der Waals surface area (Å²) in [7, 11) is 0. The smallest absolute Gasteiger partial charge is 0.336 e. The molecule has 2 N–H and O–H groups in total. The second-order valence-electron chi connectivity index (χ2n) is 7.78. The molecule has 0 amide bonds. The zero-order chi connectivity index (χ0) is 20.4. The highest BCUT2D eigenvalue weighted by atomic mass is 16.4. The van der Waals surface area contributed by atoms with Crippen molar-refractivity contribution in [3.63, 3.8) is 0 Å². The van der Waals surface area contributed by atoms with Crippen molar-refractivity contribution in [3.05, 3.63) is 58.1 Å². The molecular weight excluding hydrogens is 350 g/mol. The molecule has 28 heavy (non-hydrogen) atoms. The van der Waals surface area contributed by atoms with Gasteiger partial charge in [0.25, 0.3) is 0 Å². The van der Waals surface area contributed by atoms with Crippen molar-refractivity contribution < 1.29 is 9.90 Å². The number of aryl methyl sites for hydroxylation is 2. The second kappa shape index (κ2) is 7.93. The van der Waals surface area contributed by atoms with Gasteiger partial charge < -0.3 is 15.3 Å². The zero-order valence-corrected chi connectivity index (χ0v) is 16.9. The predicted molar refractivity (Wildman–Crippen MR) is 112 cm³/mol. The van der Waals surface area contributed by atoms with Crippen molar-refractivity contribution in [1.29, 1.82) is 5.26 Å². The van der Waals surface area contributed by atoms with Gasteiger partial charge in [-0.3, -0.25) is 0 Å². The maximum atomic E-state index is 11.7. The molecule has 1 aliphatic heterocycles. The Hall–Kier alpha value is -3.00. The molecule has 0 spiro atoms. The highest BCUT2D eigenvalue weighted by Crippen LogP contribution is 2.32. The summed E-state index contributed by atoms with van der Waals surface area (Å²) in [4.78, 5) is 13.9. The number of nitrogens with zero attached hydrogens (tertiary/aromatic N) is 2. The van der Waals surface area contributed by atoms with E-state index >= 15 is 0 Å². The van der Waals surface area contributed by atoms with Crippen LogP contribution in [0, 0.1) is 38.0 Å². The third kappa shape index (κ3) is 3.68. The Morgan fingerprint density at radius 3 is 2.61 bits per heavy atom. The van der Waals surface area contributed by atoms with Crippen LogP contribution in [0.2, 0.25) is 0 Å². The Labute approximate surface area is 166 Å². The van der Waals surface area contributed by atoms with Crippen molar-refractivity contribution >= 4 is 17.3 Å². The summed E-state index contributed by atoms with van der Waals surface area (Å²) in [5.74, 6) is -0.525. The molecule has 146 valence electrons. The topological polar surface area (TPSA) is 76.4 Å². The number of carboxylic acids is 1. The summed E-state index contributed by atoms with van der Waals surface area (Å²) >= 11 is 0. The van der Waals surface area contributed by atoms with E-state index in [4.69, 9.17) is 0 Å². The average molecular weight is 377 g/mol. The monoisotopic (exact) mass is 377 g/mol. The first-order valence-electron chi connectivity index (χ1n) is 9.68. The highest BCUT2D eigenvalue weighted by Gasteiger charge is 2.28. The van der Waals surface area contributed by atoms with Crippen molar-refractivity contribution in [1.82, 2.24) is 0 Å². The standard InChI is InChI=1S/C23H27N3O2/c1-14-11-15(2)22(17(4)21(14)23(27)28)25-19-9-10-26(13-16(19)3)20-8-6-5-7-18(20)12-24/h5-8,11,16,19,25H,9-10,13H2,1-4H3,(H,27,28)/t16-,19-/m1/s1. The SMILES string of the molecule is Cc1cc(C)c(C(=O)O)c(C)c1N[C@@H]1CCN(c2ccccc2C#N)C[C@H]1C. The van der Waals surface area contributed by atoms with Crippen LogP contribution in [0.5, 0.6) is 0 Å². The van der Waals surface area contributed by atoms with E-state index in [1.807, 2.05) is 51.1 Å². The molecule has 2 aromatic carbocycles. The van der Waals surface area contributed by atoms with Crippen molar-refractivity contribution in [3.8, 4) is 6.07 Å². The lowest BCUT2D eigenvalue weighted by Gasteiger charge is -2.40. The van der Waals surface area contributed by atoms with E-state index in [0.29, 0.717) is 17.0 Å². The van der Waals surface area contributed by atoms with Gasteiger partial charge in [0.1, 0.15) is 6.07 Å². The number of nitriles is 1. The van der Waals surface area contributed by atoms with Gasteiger partial charge in [0, 0.05) is 24.8 Å². The molecule has 1 saturated heterocycles. The second-order valence-corrected chi connectivity index (χ2v) is 7.78. The highest BCUT2D eigenvalue weighted by molar-refractivity contribution is 5.93. The molecule has 0 bridgehead atoms. The van der Waals surface area contributed by atoms with Crippen LogP contribution in [0.4, 0.5) is 11.4 Å². The fourth-order valence-corrected chi connectivity index (χ4v) is 4.34. The molecule has 0 unspecified atom stereocenters. The van der Waals surface area contributed by atoms with Crippen molar-refractivity contribution in [2.45, 2.75) is 40.2 Å². The molecule has 0 saturated carbocycles. The Morgan fingerprint density at radius 1 is 1.25 bits per heavy atom. The molecule has 5 nitrogen and oxygen atoms in total. The van der Waals surface area contributed by atoms with Gasteiger partial charge in [-0.2, -0.15) is 5.26 Å². The van der Waals surface area contributed by atoms with Crippen molar-refractivity contribution in [2.75, 3.05) is 23.3 Å². The number of piperidine rings is 1. The van der Waals surface area contributed by atoms with Gasteiger partial charge in [0.05, 0.1) is 16.8 Å². The minimum Gasteiger partial charge on any atom is -0.478 e. The third-order valence-corrected chi connectivity index (χ3v) is 5.79. The van der Waals surface area contributed by atoms with Gasteiger partial charge in [-0.15, -0.1) is 0 Å². The van der Waals surface area contributed by atoms with Gasteiger partial charge in [-0.05, 0) is 61.9 Å². The summed E-state index contributed by atoms with van der Waals surface area (Å²) in [6.07, 6.45) is 0.927. The molecule has 1 fully saturated rings. The zero-order valence-electron chi connectivity index (χ0n) is 16.9. The molecule has 2 aromatic rings. The number of anilines is 2. The van der Waals surface area contributed by atoms with Crippen molar-refractivity contribution in [2.24, 2.45) is 5.92 Å². The largest absolute Gasteiger partial charge is 0.478 e. The summed E-state index contributed by atoms with van der Waals surface area (Å²) < 4.78 is 0. The lowest BCUT2D eigenvalue weighted by molar-refractivity contribution is 0.0695. The quantitative estimate of drug-likeness (QED) is 0.820. The van der Waals surface area contributed by atoms with E-state index in [9.17, 15) is 15.2 Å². The molecule has 1 aliphatic rings. The number of aromatic carboxylic acids is 1. The summed E-state index contributed by atoms with van der Waals surface area (Å²) in [5.41, 5.74) is 5.69. The summed E-state index contributed by atoms with van der Waals surface area (Å²) in [6.45, 7) is 9.67. The van der Waals surface area contributed by atoms with E-state index in [1.54, 1.807) is 0 Å². The van der Waals surface area contributed by atoms with Gasteiger partial charge in [0.15, 0.2) is 0 Å². The van der Waals surface area contributed by atoms with Crippen LogP contribution in [0.3, 0.4) is 0 Å². The molecule has 1 heterocycles. The van der Waals surface area contributed by atoms with E-state index in [2.05, 4.69) is 23.2 Å². The van der Waals surface area contributed by atoms with Crippen LogP contribution in [0.25, 0.3) is 0 Å². The average Bonchev–Trinajstić information content (AvgIpc) is 2.65. The Morgan fingerprint density at radius 2 is 1.96 bits per heavy atom. The number of carbonyl (C=O) groups is 1. The minimum atomic E-state index is -0.881. The fourth-order valence-electron chi connectivity index (χ4n) is 4.34. The number of para-hydroxylation sites is 1. The lowest BCUT2D eigenvalue weighted by atomic mass is 9.91. The van der Waals surface area contributed by atoms with Crippen LogP contribution < -0.4 is 10.2 Å². The molecular formula is C23H27N3O2. The molecule has 2 atom stereocenters. The Bertz CT molecular complexity index is 946. The number of nitrogens with one attached hydrogen (secondary N) is 1. The first-order valence-corrected chi connectivity index (χ1v) is 9.68. The van der Waals surface area contributed by atoms with Crippen LogP contribution in [-0.2, 0) is 0 Å². The first-order chi connectivity index (χ1) is 13.3. The van der Waals surface area contributed by atoms with Crippen LogP contribution >= 0.6 is 0 Å². The number of carboxylic acid groups (broad SMARTS) is 1. The number of benzene rings is 2. The van der Waals surface area contributed by atoms with Gasteiger partial charge >= 0.3 is 5.97 Å². The molecule has 0 aliphatic carbocycles. The number of hydrogen-bond donors (Lipinski definition) is 2. The maximum Gasteiger partial charge on any atom is 0.336 e. The number of rotatable bonds is 4. The minimum absolute atomic E-state index is 0.257. The van der Waals surface area contributed by atoms with Gasteiger partial charge in [-0.1, -0.05) is 25.1 Å². The summed E-state index contributed by atoms with van der Waals surface area (Å²) in [5, 5.41) is 22.6.